The summed E-state index contributed by atoms with van der Waals surface area (Å²) in [6, 6.07) is 3.05. The summed E-state index contributed by atoms with van der Waals surface area (Å²) in [4.78, 5) is 5.95. The molecular formula is C14H19F2N3O2. The van der Waals surface area contributed by atoms with Crippen LogP contribution in [0.3, 0.4) is 0 Å². The molecule has 0 aliphatic carbocycles. The van der Waals surface area contributed by atoms with Crippen LogP contribution in [0.25, 0.3) is 0 Å². The Morgan fingerprint density at radius 3 is 2.71 bits per heavy atom. The summed E-state index contributed by atoms with van der Waals surface area (Å²) >= 11 is 0. The van der Waals surface area contributed by atoms with Crippen LogP contribution < -0.4 is 5.73 Å². The number of nitrogens with zero attached hydrogens (tertiary/aromatic N) is 2. The predicted molar refractivity (Wildman–Crippen MR) is 74.8 cm³/mol. The van der Waals surface area contributed by atoms with Crippen molar-refractivity contribution in [2.45, 2.75) is 12.5 Å². The normalized spacial score (nSPS) is 19.4. The van der Waals surface area contributed by atoms with Crippen molar-refractivity contribution >= 4 is 5.96 Å². The summed E-state index contributed by atoms with van der Waals surface area (Å²) in [5, 5.41) is 10.3. The number of guanidine groups is 1. The maximum Gasteiger partial charge on any atom is 0.191 e. The maximum atomic E-state index is 13.7. The third kappa shape index (κ3) is 3.89. The van der Waals surface area contributed by atoms with Gasteiger partial charge in [0, 0.05) is 24.7 Å². The van der Waals surface area contributed by atoms with Gasteiger partial charge in [0.2, 0.25) is 0 Å². The van der Waals surface area contributed by atoms with E-state index in [0.717, 1.165) is 12.1 Å². The molecule has 1 atom stereocenters. The van der Waals surface area contributed by atoms with Crippen molar-refractivity contribution in [3.8, 4) is 0 Å². The Kier molecular flexibility index (Phi) is 4.74. The van der Waals surface area contributed by atoms with Crippen LogP contribution in [-0.2, 0) is 10.3 Å². The number of nitrogens with two attached hydrogens (primary N) is 1. The minimum Gasteiger partial charge on any atom is -0.383 e. The van der Waals surface area contributed by atoms with Crippen LogP contribution in [0.15, 0.2) is 23.2 Å². The molecule has 1 aromatic rings. The first-order valence-electron chi connectivity index (χ1n) is 6.71. The molecule has 0 amide bonds. The van der Waals surface area contributed by atoms with E-state index in [-0.39, 0.29) is 18.1 Å². The van der Waals surface area contributed by atoms with Gasteiger partial charge in [0.25, 0.3) is 0 Å². The highest BCUT2D eigenvalue weighted by atomic mass is 19.1. The van der Waals surface area contributed by atoms with E-state index < -0.39 is 17.2 Å². The second-order valence-electron chi connectivity index (χ2n) is 5.17. The molecule has 21 heavy (non-hydrogen) atoms. The molecule has 1 aliphatic heterocycles. The van der Waals surface area contributed by atoms with Crippen molar-refractivity contribution in [3.05, 3.63) is 35.4 Å². The summed E-state index contributed by atoms with van der Waals surface area (Å²) in [5.74, 6) is -1.22. The summed E-state index contributed by atoms with van der Waals surface area (Å²) in [7, 11) is 0. The first-order chi connectivity index (χ1) is 9.90. The molecule has 116 valence electrons. The van der Waals surface area contributed by atoms with Crippen molar-refractivity contribution in [2.75, 3.05) is 32.8 Å². The van der Waals surface area contributed by atoms with Crippen LogP contribution >= 0.6 is 0 Å². The molecule has 0 spiro atoms. The Morgan fingerprint density at radius 2 is 2.10 bits per heavy atom. The van der Waals surface area contributed by atoms with Crippen molar-refractivity contribution in [1.82, 2.24) is 4.90 Å². The second-order valence-corrected chi connectivity index (χ2v) is 5.17. The number of hydrogen-bond acceptors (Lipinski definition) is 3. The highest BCUT2D eigenvalue weighted by Crippen LogP contribution is 2.24. The van der Waals surface area contributed by atoms with Gasteiger partial charge in [-0.2, -0.15) is 0 Å². The zero-order valence-corrected chi connectivity index (χ0v) is 11.9. The van der Waals surface area contributed by atoms with Gasteiger partial charge in [0.1, 0.15) is 17.2 Å². The van der Waals surface area contributed by atoms with E-state index in [0.29, 0.717) is 26.3 Å². The Bertz CT molecular complexity index is 529. The number of benzene rings is 1. The van der Waals surface area contributed by atoms with Crippen molar-refractivity contribution < 1.29 is 18.6 Å². The quantitative estimate of drug-likeness (QED) is 0.640. The first-order valence-corrected chi connectivity index (χ1v) is 6.71. The largest absolute Gasteiger partial charge is 0.383 e. The minimum absolute atomic E-state index is 0.0116. The molecule has 0 bridgehead atoms. The topological polar surface area (TPSA) is 71.1 Å². The van der Waals surface area contributed by atoms with Gasteiger partial charge in [-0.25, -0.2) is 13.8 Å². The first kappa shape index (κ1) is 15.7. The molecule has 0 aromatic heterocycles. The Balaban J connectivity index is 2.09. The lowest BCUT2D eigenvalue weighted by atomic mass is 9.95. The maximum absolute atomic E-state index is 13.7. The molecule has 7 heteroatoms. The Morgan fingerprint density at radius 1 is 1.43 bits per heavy atom. The fourth-order valence-corrected chi connectivity index (χ4v) is 2.14. The van der Waals surface area contributed by atoms with Crippen molar-refractivity contribution in [3.63, 3.8) is 0 Å². The monoisotopic (exact) mass is 299 g/mol. The molecule has 1 saturated heterocycles. The average molecular weight is 299 g/mol. The number of rotatable bonds is 3. The third-order valence-electron chi connectivity index (χ3n) is 3.40. The Hall–Kier alpha value is -1.73. The molecule has 0 saturated carbocycles. The molecule has 0 radical (unpaired) electrons. The van der Waals surface area contributed by atoms with Gasteiger partial charge < -0.3 is 20.5 Å². The molecule has 1 unspecified atom stereocenters. The smallest absolute Gasteiger partial charge is 0.191 e. The van der Waals surface area contributed by atoms with Gasteiger partial charge in [-0.1, -0.05) is 6.07 Å². The van der Waals surface area contributed by atoms with Crippen molar-refractivity contribution in [1.29, 1.82) is 0 Å². The third-order valence-corrected chi connectivity index (χ3v) is 3.40. The molecular weight excluding hydrogens is 280 g/mol. The molecule has 5 nitrogen and oxygen atoms in total. The van der Waals surface area contributed by atoms with Gasteiger partial charge in [-0.3, -0.25) is 0 Å². The second kappa shape index (κ2) is 6.36. The van der Waals surface area contributed by atoms with E-state index in [2.05, 4.69) is 4.99 Å². The van der Waals surface area contributed by atoms with Gasteiger partial charge in [-0.05, 0) is 13.0 Å². The van der Waals surface area contributed by atoms with Crippen LogP contribution in [0.4, 0.5) is 8.78 Å². The van der Waals surface area contributed by atoms with Crippen LogP contribution in [0.5, 0.6) is 0 Å². The molecule has 1 aliphatic rings. The SMILES string of the molecule is CC(O)(CN=C(N)N1CCOCC1)c1ccc(F)cc1F. The van der Waals surface area contributed by atoms with Crippen LogP contribution in [-0.4, -0.2) is 48.8 Å². The average Bonchev–Trinajstić information content (AvgIpc) is 2.45. The molecule has 2 rings (SSSR count). The summed E-state index contributed by atoms with van der Waals surface area (Å²) in [6.07, 6.45) is 0. The number of aliphatic hydroxyl groups is 1. The van der Waals surface area contributed by atoms with E-state index in [9.17, 15) is 13.9 Å². The molecule has 1 heterocycles. The predicted octanol–water partition coefficient (Wildman–Crippen LogP) is 0.819. The lowest BCUT2D eigenvalue weighted by Crippen LogP contribution is -2.45. The van der Waals surface area contributed by atoms with E-state index in [1.54, 1.807) is 0 Å². The highest BCUT2D eigenvalue weighted by Gasteiger charge is 2.27. The van der Waals surface area contributed by atoms with E-state index in [1.165, 1.54) is 13.0 Å². The fraction of sp³-hybridized carbons (Fsp3) is 0.500. The Labute approximate surface area is 122 Å². The fourth-order valence-electron chi connectivity index (χ4n) is 2.14. The van der Waals surface area contributed by atoms with Gasteiger partial charge in [0.05, 0.1) is 19.8 Å². The van der Waals surface area contributed by atoms with Crippen molar-refractivity contribution in [2.24, 2.45) is 10.7 Å². The lowest BCUT2D eigenvalue weighted by molar-refractivity contribution is 0.0594. The number of ether oxygens (including phenoxy) is 1. The summed E-state index contributed by atoms with van der Waals surface area (Å²) in [6.45, 7) is 3.70. The van der Waals surface area contributed by atoms with Gasteiger partial charge in [0.15, 0.2) is 5.96 Å². The highest BCUT2D eigenvalue weighted by molar-refractivity contribution is 5.78. The van der Waals surface area contributed by atoms with Gasteiger partial charge >= 0.3 is 0 Å². The number of hydrogen-bond donors (Lipinski definition) is 2. The van der Waals surface area contributed by atoms with Crippen LogP contribution in [0.1, 0.15) is 12.5 Å². The standard InChI is InChI=1S/C14H19F2N3O2/c1-14(20,11-3-2-10(15)8-12(11)16)9-18-13(17)19-4-6-21-7-5-19/h2-3,8,20H,4-7,9H2,1H3,(H2,17,18). The van der Waals surface area contributed by atoms with Crippen LogP contribution in [0, 0.1) is 11.6 Å². The van der Waals surface area contributed by atoms with Crippen LogP contribution in [0.2, 0.25) is 0 Å². The molecule has 3 N–H and O–H groups in total. The lowest BCUT2D eigenvalue weighted by Gasteiger charge is -2.29. The number of morpholine rings is 1. The summed E-state index contributed by atoms with van der Waals surface area (Å²) in [5.41, 5.74) is 4.28. The zero-order chi connectivity index (χ0) is 15.5. The minimum atomic E-state index is -1.56. The molecule has 1 fully saturated rings. The molecule has 1 aromatic carbocycles. The van der Waals surface area contributed by atoms with E-state index >= 15 is 0 Å². The van der Waals surface area contributed by atoms with Gasteiger partial charge in [-0.15, -0.1) is 0 Å². The zero-order valence-electron chi connectivity index (χ0n) is 11.9. The number of halogens is 2. The van der Waals surface area contributed by atoms with E-state index in [1.807, 2.05) is 4.90 Å². The number of aliphatic imine (C=N–C) groups is 1. The van der Waals surface area contributed by atoms with E-state index in [4.69, 9.17) is 10.5 Å². The summed E-state index contributed by atoms with van der Waals surface area (Å²) < 4.78 is 31.8.